The van der Waals surface area contributed by atoms with Gasteiger partial charge in [0.2, 0.25) is 0 Å². The summed E-state index contributed by atoms with van der Waals surface area (Å²) in [5, 5.41) is 0. The van der Waals surface area contributed by atoms with Gasteiger partial charge in [-0.05, 0) is 25.0 Å². The van der Waals surface area contributed by atoms with Crippen LogP contribution in [-0.2, 0) is 6.42 Å². The van der Waals surface area contributed by atoms with Gasteiger partial charge >= 0.3 is 0 Å². The molecule has 0 unspecified atom stereocenters. The first-order chi connectivity index (χ1) is 7.83. The minimum atomic E-state index is 0.716. The van der Waals surface area contributed by atoms with E-state index < -0.39 is 0 Å². The molecule has 0 bridgehead atoms. The van der Waals surface area contributed by atoms with Gasteiger partial charge in [0.1, 0.15) is 11.6 Å². The van der Waals surface area contributed by atoms with Crippen LogP contribution in [0, 0.1) is 0 Å². The summed E-state index contributed by atoms with van der Waals surface area (Å²) in [6, 6.07) is 5.86. The summed E-state index contributed by atoms with van der Waals surface area (Å²) in [5.74, 6) is 2.59. The Balaban J connectivity index is 2.16. The number of hydrogen-bond donors (Lipinski definition) is 1. The smallest absolute Gasteiger partial charge is 0.121 e. The number of aromatic nitrogens is 2. The lowest BCUT2D eigenvalue weighted by atomic mass is 10.2. The van der Waals surface area contributed by atoms with Crippen LogP contribution < -0.4 is 4.74 Å². The summed E-state index contributed by atoms with van der Waals surface area (Å²) in [4.78, 5) is 7.80. The first kappa shape index (κ1) is 11.3. The fraction of sp³-hybridized carbons (Fsp3) is 0.417. The van der Waals surface area contributed by atoms with Crippen LogP contribution >= 0.6 is 11.6 Å². The number of hydrogen-bond acceptors (Lipinski definition) is 2. The third kappa shape index (κ3) is 2.47. The fourth-order valence-corrected chi connectivity index (χ4v) is 1.86. The summed E-state index contributed by atoms with van der Waals surface area (Å²) >= 11 is 5.64. The molecule has 1 heterocycles. The molecule has 3 nitrogen and oxygen atoms in total. The average molecular weight is 239 g/mol. The van der Waals surface area contributed by atoms with E-state index in [0.29, 0.717) is 5.88 Å². The van der Waals surface area contributed by atoms with E-state index in [2.05, 4.69) is 9.97 Å². The number of unbranched alkanes of at least 4 members (excludes halogenated alkanes) is 1. The lowest BCUT2D eigenvalue weighted by molar-refractivity contribution is 0.415. The SMILES string of the molecule is COc1ccc2nc(CCCCCl)[nH]c2c1. The summed E-state index contributed by atoms with van der Waals surface area (Å²) in [6.07, 6.45) is 3.05. The zero-order chi connectivity index (χ0) is 11.4. The van der Waals surface area contributed by atoms with Crippen molar-refractivity contribution < 1.29 is 4.74 Å². The van der Waals surface area contributed by atoms with Gasteiger partial charge in [0.15, 0.2) is 0 Å². The van der Waals surface area contributed by atoms with E-state index in [-0.39, 0.29) is 0 Å². The number of halogens is 1. The molecule has 0 atom stereocenters. The van der Waals surface area contributed by atoms with Crippen LogP contribution in [0.2, 0.25) is 0 Å². The zero-order valence-corrected chi connectivity index (χ0v) is 10.0. The maximum Gasteiger partial charge on any atom is 0.121 e. The number of alkyl halides is 1. The highest BCUT2D eigenvalue weighted by atomic mass is 35.5. The second kappa shape index (κ2) is 5.21. The molecule has 1 N–H and O–H groups in total. The van der Waals surface area contributed by atoms with Crippen molar-refractivity contribution in [3.05, 3.63) is 24.0 Å². The van der Waals surface area contributed by atoms with Gasteiger partial charge in [-0.25, -0.2) is 4.98 Å². The van der Waals surface area contributed by atoms with Crippen molar-refractivity contribution in [3.8, 4) is 5.75 Å². The number of imidazole rings is 1. The highest BCUT2D eigenvalue weighted by Crippen LogP contribution is 2.19. The zero-order valence-electron chi connectivity index (χ0n) is 9.29. The molecule has 86 valence electrons. The highest BCUT2D eigenvalue weighted by Gasteiger charge is 2.03. The molecule has 0 aliphatic rings. The molecule has 1 aromatic carbocycles. The molecule has 1 aromatic heterocycles. The van der Waals surface area contributed by atoms with Crippen LogP contribution in [0.4, 0.5) is 0 Å². The van der Waals surface area contributed by atoms with E-state index in [0.717, 1.165) is 41.9 Å². The number of aromatic amines is 1. The molecule has 0 radical (unpaired) electrons. The van der Waals surface area contributed by atoms with Crippen molar-refractivity contribution in [2.75, 3.05) is 13.0 Å². The number of nitrogens with zero attached hydrogens (tertiary/aromatic N) is 1. The lowest BCUT2D eigenvalue weighted by Gasteiger charge is -1.96. The number of methoxy groups -OCH3 is 1. The molecule has 0 spiro atoms. The van der Waals surface area contributed by atoms with Crippen LogP contribution in [0.1, 0.15) is 18.7 Å². The Morgan fingerprint density at radius 3 is 3.00 bits per heavy atom. The van der Waals surface area contributed by atoms with Crippen molar-refractivity contribution in [2.24, 2.45) is 0 Å². The van der Waals surface area contributed by atoms with Gasteiger partial charge in [0, 0.05) is 18.4 Å². The summed E-state index contributed by atoms with van der Waals surface area (Å²) in [7, 11) is 1.67. The van der Waals surface area contributed by atoms with E-state index in [1.807, 2.05) is 18.2 Å². The van der Waals surface area contributed by atoms with Crippen LogP contribution in [-0.4, -0.2) is 23.0 Å². The van der Waals surface area contributed by atoms with Gasteiger partial charge in [-0.2, -0.15) is 0 Å². The van der Waals surface area contributed by atoms with E-state index in [1.54, 1.807) is 7.11 Å². The molecular weight excluding hydrogens is 224 g/mol. The van der Waals surface area contributed by atoms with Crippen molar-refractivity contribution in [1.82, 2.24) is 9.97 Å². The molecule has 16 heavy (non-hydrogen) atoms. The summed E-state index contributed by atoms with van der Waals surface area (Å²) in [6.45, 7) is 0. The summed E-state index contributed by atoms with van der Waals surface area (Å²) < 4.78 is 5.16. The summed E-state index contributed by atoms with van der Waals surface area (Å²) in [5.41, 5.74) is 2.02. The second-order valence-corrected chi connectivity index (χ2v) is 4.09. The average Bonchev–Trinajstić information content (AvgIpc) is 2.70. The van der Waals surface area contributed by atoms with Crippen LogP contribution in [0.15, 0.2) is 18.2 Å². The van der Waals surface area contributed by atoms with Crippen molar-refractivity contribution in [2.45, 2.75) is 19.3 Å². The molecule has 0 saturated carbocycles. The van der Waals surface area contributed by atoms with Crippen LogP contribution in [0.25, 0.3) is 11.0 Å². The Bertz CT molecular complexity index is 467. The number of nitrogens with one attached hydrogen (secondary N) is 1. The number of H-pyrrole nitrogens is 1. The Morgan fingerprint density at radius 2 is 2.25 bits per heavy atom. The van der Waals surface area contributed by atoms with Crippen molar-refractivity contribution in [1.29, 1.82) is 0 Å². The Hall–Kier alpha value is -1.22. The van der Waals surface area contributed by atoms with Crippen LogP contribution in [0.3, 0.4) is 0 Å². The first-order valence-corrected chi connectivity index (χ1v) is 5.95. The molecular formula is C12H15ClN2O. The van der Waals surface area contributed by atoms with Crippen molar-refractivity contribution in [3.63, 3.8) is 0 Å². The molecule has 4 heteroatoms. The highest BCUT2D eigenvalue weighted by molar-refractivity contribution is 6.17. The molecule has 0 amide bonds. The molecule has 0 fully saturated rings. The normalized spacial score (nSPS) is 10.9. The topological polar surface area (TPSA) is 37.9 Å². The maximum atomic E-state index is 5.64. The number of ether oxygens (including phenoxy) is 1. The monoisotopic (exact) mass is 238 g/mol. The van der Waals surface area contributed by atoms with E-state index >= 15 is 0 Å². The third-order valence-electron chi connectivity index (χ3n) is 2.54. The van der Waals surface area contributed by atoms with Gasteiger partial charge in [-0.15, -0.1) is 11.6 Å². The van der Waals surface area contributed by atoms with Crippen molar-refractivity contribution >= 4 is 22.6 Å². The fourth-order valence-electron chi connectivity index (χ4n) is 1.67. The number of rotatable bonds is 5. The number of fused-ring (bicyclic) bond motifs is 1. The minimum Gasteiger partial charge on any atom is -0.497 e. The lowest BCUT2D eigenvalue weighted by Crippen LogP contribution is -1.88. The largest absolute Gasteiger partial charge is 0.497 e. The van der Waals surface area contributed by atoms with Gasteiger partial charge in [-0.3, -0.25) is 0 Å². The number of benzene rings is 1. The quantitative estimate of drug-likeness (QED) is 0.642. The second-order valence-electron chi connectivity index (χ2n) is 3.71. The molecule has 2 rings (SSSR count). The predicted molar refractivity (Wildman–Crippen MR) is 66.3 cm³/mol. The molecule has 0 aliphatic carbocycles. The van der Waals surface area contributed by atoms with E-state index in [4.69, 9.17) is 16.3 Å². The van der Waals surface area contributed by atoms with Gasteiger partial charge in [-0.1, -0.05) is 0 Å². The maximum absolute atomic E-state index is 5.64. The molecule has 0 aliphatic heterocycles. The Morgan fingerprint density at radius 1 is 1.38 bits per heavy atom. The first-order valence-electron chi connectivity index (χ1n) is 5.42. The molecule has 0 saturated heterocycles. The van der Waals surface area contributed by atoms with Gasteiger partial charge < -0.3 is 9.72 Å². The van der Waals surface area contributed by atoms with Gasteiger partial charge in [0.05, 0.1) is 18.1 Å². The van der Waals surface area contributed by atoms with Crippen LogP contribution in [0.5, 0.6) is 5.75 Å². The Labute approximate surface area is 99.8 Å². The van der Waals surface area contributed by atoms with E-state index in [9.17, 15) is 0 Å². The molecule has 2 aromatic rings. The predicted octanol–water partition coefficient (Wildman–Crippen LogP) is 3.13. The van der Waals surface area contributed by atoms with Gasteiger partial charge in [0.25, 0.3) is 0 Å². The third-order valence-corrected chi connectivity index (χ3v) is 2.80. The minimum absolute atomic E-state index is 0.716. The Kier molecular flexibility index (Phi) is 3.67. The number of aryl methyl sites for hydroxylation is 1. The standard InChI is InChI=1S/C12H15ClN2O/c1-16-9-5-6-10-11(8-9)15-12(14-10)4-2-3-7-13/h5-6,8H,2-4,7H2,1H3,(H,14,15). The van der Waals surface area contributed by atoms with E-state index in [1.165, 1.54) is 0 Å².